The van der Waals surface area contributed by atoms with E-state index < -0.39 is 5.41 Å². The molecule has 6 heteroatoms. The maximum absolute atomic E-state index is 7.17. The van der Waals surface area contributed by atoms with Crippen LogP contribution in [-0.4, -0.2) is 9.13 Å². The van der Waals surface area contributed by atoms with Crippen molar-refractivity contribution in [1.82, 2.24) is 9.13 Å². The highest BCUT2D eigenvalue weighted by molar-refractivity contribution is 6.22. The number of rotatable bonds is 10. The van der Waals surface area contributed by atoms with Crippen molar-refractivity contribution in [3.63, 3.8) is 0 Å². The van der Waals surface area contributed by atoms with Crippen molar-refractivity contribution in [2.24, 2.45) is 0 Å². The third-order valence-electron chi connectivity index (χ3n) is 21.1. The Bertz CT molecular complexity index is 6270. The van der Waals surface area contributed by atoms with E-state index in [0.717, 1.165) is 155 Å². The molecule has 0 bridgehead atoms. The fourth-order valence-electron chi connectivity index (χ4n) is 17.1. The Kier molecular flexibility index (Phi) is 11.9. The Labute approximate surface area is 569 Å². The molecule has 6 nitrogen and oxygen atoms in total. The van der Waals surface area contributed by atoms with Crippen molar-refractivity contribution in [2.75, 3.05) is 9.80 Å². The molecular weight excluding hydrogens is 1210 g/mol. The van der Waals surface area contributed by atoms with E-state index >= 15 is 0 Å². The number of hydrogen-bond donors (Lipinski definition) is 0. The highest BCUT2D eigenvalue weighted by Gasteiger charge is 2.49. The zero-order chi connectivity index (χ0) is 64.9. The number of fused-ring (bicyclic) bond motifs is 19. The lowest BCUT2D eigenvalue weighted by atomic mass is 9.67. The van der Waals surface area contributed by atoms with Gasteiger partial charge in [-0.1, -0.05) is 243 Å². The zero-order valence-electron chi connectivity index (χ0n) is 53.6. The van der Waals surface area contributed by atoms with Crippen molar-refractivity contribution >= 4 is 143 Å². The van der Waals surface area contributed by atoms with Crippen molar-refractivity contribution in [3.05, 3.63) is 374 Å². The molecule has 0 N–H and O–H groups in total. The van der Waals surface area contributed by atoms with Crippen LogP contribution < -0.4 is 9.80 Å². The first-order valence-electron chi connectivity index (χ1n) is 34.0. The molecule has 1 aliphatic rings. The highest BCUT2D eigenvalue weighted by atomic mass is 16.3. The number of nitrogens with zero attached hydrogens (tertiary/aromatic N) is 4. The number of anilines is 6. The number of para-hydroxylation sites is 8. The van der Waals surface area contributed by atoms with Gasteiger partial charge in [0.05, 0.1) is 50.2 Å². The molecule has 21 rings (SSSR count). The van der Waals surface area contributed by atoms with Crippen LogP contribution in [0.2, 0.25) is 0 Å². The SMILES string of the molecule is c1ccc(-n2c3ccccc3c3cc(N(c4cc5c(c6ccccc46)-c4c(cc(N(c6ccc7c(c6)c6ccccc6n7-c6ccccc6)c6cccc7c6oc6ccccc67)c6ccccc46)C5(c4ccccc4)c4ccccc4)c4cccc5c4oc4ccccc45)ccc32)cc1. The van der Waals surface area contributed by atoms with Crippen molar-refractivity contribution < 1.29 is 8.83 Å². The molecule has 16 aromatic carbocycles. The van der Waals surface area contributed by atoms with Gasteiger partial charge in [0.2, 0.25) is 0 Å². The molecule has 1 aliphatic carbocycles. The van der Waals surface area contributed by atoms with Gasteiger partial charge in [0, 0.05) is 76.6 Å². The monoisotopic (exact) mass is 1260 g/mol. The number of aromatic nitrogens is 2. The molecule has 0 atom stereocenters. The quantitative estimate of drug-likeness (QED) is 0.137. The maximum Gasteiger partial charge on any atom is 0.159 e. The minimum atomic E-state index is -0.918. The van der Waals surface area contributed by atoms with Gasteiger partial charge in [-0.05, 0) is 153 Å². The van der Waals surface area contributed by atoms with Crippen LogP contribution in [0.25, 0.3) is 132 Å². The first kappa shape index (κ1) is 55.2. The second kappa shape index (κ2) is 21.4. The Morgan fingerprint density at radius 1 is 0.232 bits per heavy atom. The van der Waals surface area contributed by atoms with Crippen molar-refractivity contribution in [1.29, 1.82) is 0 Å². The molecule has 4 heterocycles. The van der Waals surface area contributed by atoms with Gasteiger partial charge < -0.3 is 27.8 Å². The van der Waals surface area contributed by atoms with Gasteiger partial charge in [-0.2, -0.15) is 0 Å². The average Bonchev–Trinajstić information content (AvgIpc) is 1.50. The molecule has 0 radical (unpaired) electrons. The number of benzene rings is 16. The van der Waals surface area contributed by atoms with Crippen LogP contribution >= 0.6 is 0 Å². The van der Waals surface area contributed by atoms with E-state index in [1.54, 1.807) is 0 Å². The lowest BCUT2D eigenvalue weighted by Gasteiger charge is -2.36. The predicted molar refractivity (Wildman–Crippen MR) is 411 cm³/mol. The first-order valence-corrected chi connectivity index (χ1v) is 34.0. The maximum atomic E-state index is 7.17. The fourth-order valence-corrected chi connectivity index (χ4v) is 17.1. The molecule has 0 fully saturated rings. The van der Waals surface area contributed by atoms with Gasteiger partial charge in [0.1, 0.15) is 11.2 Å². The number of hydrogen-bond acceptors (Lipinski definition) is 4. The average molecular weight is 1260 g/mol. The highest BCUT2D eigenvalue weighted by Crippen LogP contribution is 2.63. The van der Waals surface area contributed by atoms with Crippen LogP contribution in [0.15, 0.2) is 361 Å². The van der Waals surface area contributed by atoms with Gasteiger partial charge in [-0.25, -0.2) is 0 Å². The van der Waals surface area contributed by atoms with Gasteiger partial charge in [0.25, 0.3) is 0 Å². The van der Waals surface area contributed by atoms with E-state index in [0.29, 0.717) is 0 Å². The first-order chi connectivity index (χ1) is 49.2. The van der Waals surface area contributed by atoms with Gasteiger partial charge in [0.15, 0.2) is 11.2 Å². The standard InChI is InChI=1S/C93H58N4O2/c1-5-27-59(28-6-1)93(60-29-7-2-8-30-60)77-57-85(96(83-47-25-43-73-69-39-19-23-49-87(69)98-91(73)83)63-51-53-81-75(55-63)67-37-17-21-45-79(67)94(81)61-31-9-3-10-32-61)65-35-13-15-41-71(65)89(77)90-72-42-16-14-36-66(72)86(58-78(90)93)97(84-48-26-44-74-70-40-20-24-50-88(70)99-92(74)84)64-52-54-82-76(56-64)68-38-18-22-46-80(68)95(82)62-33-11-4-12-34-62/h1-58H. The van der Waals surface area contributed by atoms with E-state index in [-0.39, 0.29) is 0 Å². The summed E-state index contributed by atoms with van der Waals surface area (Å²) < 4.78 is 19.1. The van der Waals surface area contributed by atoms with E-state index in [1.165, 1.54) is 33.0 Å². The van der Waals surface area contributed by atoms with Crippen LogP contribution in [0.4, 0.5) is 34.1 Å². The summed E-state index contributed by atoms with van der Waals surface area (Å²) in [5, 5.41) is 13.4. The molecule has 0 aliphatic heterocycles. The lowest BCUT2D eigenvalue weighted by molar-refractivity contribution is 0.669. The molecule has 0 amide bonds. The zero-order valence-corrected chi connectivity index (χ0v) is 53.6. The fraction of sp³-hybridized carbons (Fsp3) is 0.0108. The molecule has 0 spiro atoms. The Morgan fingerprint density at radius 2 is 0.566 bits per heavy atom. The molecule has 0 saturated carbocycles. The van der Waals surface area contributed by atoms with E-state index in [9.17, 15) is 0 Å². The summed E-state index contributed by atoms with van der Waals surface area (Å²) in [5.41, 5.74) is 22.2. The second-order valence-corrected chi connectivity index (χ2v) is 26.2. The van der Waals surface area contributed by atoms with Crippen LogP contribution in [0.5, 0.6) is 0 Å². The smallest absolute Gasteiger partial charge is 0.159 e. The van der Waals surface area contributed by atoms with E-state index in [4.69, 9.17) is 8.83 Å². The Balaban J connectivity index is 0.889. The topological polar surface area (TPSA) is 42.6 Å². The van der Waals surface area contributed by atoms with Crippen LogP contribution in [0.3, 0.4) is 0 Å². The largest absolute Gasteiger partial charge is 0.454 e. The molecule has 99 heavy (non-hydrogen) atoms. The van der Waals surface area contributed by atoms with E-state index in [1.807, 2.05) is 0 Å². The Morgan fingerprint density at radius 3 is 0.990 bits per heavy atom. The predicted octanol–water partition coefficient (Wildman–Crippen LogP) is 25.3. The molecule has 462 valence electrons. The second-order valence-electron chi connectivity index (χ2n) is 26.2. The minimum absolute atomic E-state index is 0.814. The summed E-state index contributed by atoms with van der Waals surface area (Å²) in [7, 11) is 0. The summed E-state index contributed by atoms with van der Waals surface area (Å²) in [6.45, 7) is 0. The lowest BCUT2D eigenvalue weighted by Crippen LogP contribution is -2.29. The van der Waals surface area contributed by atoms with Crippen LogP contribution in [0, 0.1) is 0 Å². The van der Waals surface area contributed by atoms with E-state index in [2.05, 4.69) is 371 Å². The van der Waals surface area contributed by atoms with Crippen LogP contribution in [-0.2, 0) is 5.41 Å². The van der Waals surface area contributed by atoms with Gasteiger partial charge in [-0.3, -0.25) is 0 Å². The summed E-state index contributed by atoms with van der Waals surface area (Å²) in [4.78, 5) is 4.99. The normalized spacial score (nSPS) is 12.7. The van der Waals surface area contributed by atoms with Crippen molar-refractivity contribution in [2.45, 2.75) is 5.41 Å². The molecular formula is C93H58N4O2. The third kappa shape index (κ3) is 7.94. The summed E-state index contributed by atoms with van der Waals surface area (Å²) in [5.74, 6) is 0. The summed E-state index contributed by atoms with van der Waals surface area (Å²) in [6.07, 6.45) is 0. The van der Waals surface area contributed by atoms with Crippen molar-refractivity contribution in [3.8, 4) is 22.5 Å². The molecule has 0 unspecified atom stereocenters. The molecule has 0 saturated heterocycles. The summed E-state index contributed by atoms with van der Waals surface area (Å²) >= 11 is 0. The third-order valence-corrected chi connectivity index (χ3v) is 21.1. The van der Waals surface area contributed by atoms with Gasteiger partial charge in [-0.15, -0.1) is 0 Å². The molecule has 20 aromatic rings. The minimum Gasteiger partial charge on any atom is -0.454 e. The van der Waals surface area contributed by atoms with Gasteiger partial charge >= 0.3 is 0 Å². The molecule has 4 aromatic heterocycles. The Hall–Kier alpha value is -13.2. The summed E-state index contributed by atoms with van der Waals surface area (Å²) in [6, 6.07) is 129. The number of furan rings is 2. The van der Waals surface area contributed by atoms with Crippen LogP contribution in [0.1, 0.15) is 22.3 Å².